The van der Waals surface area contributed by atoms with Crippen molar-refractivity contribution in [3.8, 4) is 0 Å². The molecule has 0 aromatic carbocycles. The quantitative estimate of drug-likeness (QED) is 0.816. The highest BCUT2D eigenvalue weighted by molar-refractivity contribution is 5.31. The number of hydrogen-bond donors (Lipinski definition) is 1. The molecule has 0 saturated carbocycles. The van der Waals surface area contributed by atoms with Crippen LogP contribution in [0, 0.1) is 0 Å². The van der Waals surface area contributed by atoms with Gasteiger partial charge in [-0.2, -0.15) is 13.2 Å². The molecule has 94 valence electrons. The Bertz CT molecular complexity index is 379. The van der Waals surface area contributed by atoms with E-state index in [-0.39, 0.29) is 5.95 Å². The molecule has 1 aliphatic heterocycles. The van der Waals surface area contributed by atoms with Gasteiger partial charge in [-0.25, -0.2) is 9.97 Å². The second kappa shape index (κ2) is 4.48. The molecule has 4 nitrogen and oxygen atoms in total. The van der Waals surface area contributed by atoms with E-state index in [1.165, 1.54) is 0 Å². The summed E-state index contributed by atoms with van der Waals surface area (Å²) in [5.74, 6) is 0.233. The zero-order chi connectivity index (χ0) is 12.5. The lowest BCUT2D eigenvalue weighted by Crippen LogP contribution is -2.39. The van der Waals surface area contributed by atoms with Gasteiger partial charge in [0.2, 0.25) is 5.95 Å². The maximum Gasteiger partial charge on any atom is 0.419 e. The maximum absolute atomic E-state index is 12.3. The Hall–Kier alpha value is -1.37. The Morgan fingerprint density at radius 2 is 1.94 bits per heavy atom. The first-order valence-electron chi connectivity index (χ1n) is 5.29. The van der Waals surface area contributed by atoms with Crippen LogP contribution in [-0.4, -0.2) is 34.3 Å². The number of β-amino-alcohol motifs (C(OH)–C–C–N with tert-alkyl or cyclic N) is 1. The van der Waals surface area contributed by atoms with Crippen molar-refractivity contribution in [2.24, 2.45) is 0 Å². The lowest BCUT2D eigenvalue weighted by atomic mass is 10.1. The monoisotopic (exact) mass is 247 g/mol. The van der Waals surface area contributed by atoms with Crippen molar-refractivity contribution in [2.45, 2.75) is 25.1 Å². The number of hydrogen-bond acceptors (Lipinski definition) is 4. The second-order valence-corrected chi connectivity index (χ2v) is 4.01. The van der Waals surface area contributed by atoms with E-state index in [2.05, 4.69) is 9.97 Å². The number of piperidine rings is 1. The summed E-state index contributed by atoms with van der Waals surface area (Å²) in [6.07, 6.45) is -1.86. The average molecular weight is 247 g/mol. The standard InChI is InChI=1S/C10H12F3N3O/c11-10(12,13)7-4-14-9(15-5-7)16-3-1-2-8(17)6-16/h4-5,8,17H,1-3,6H2/t8-/m0/s1. The van der Waals surface area contributed by atoms with Gasteiger partial charge in [0, 0.05) is 25.5 Å². The summed E-state index contributed by atoms with van der Waals surface area (Å²) >= 11 is 0. The van der Waals surface area contributed by atoms with Crippen LogP contribution in [0.5, 0.6) is 0 Å². The Kier molecular flexibility index (Phi) is 3.19. The van der Waals surface area contributed by atoms with Crippen molar-refractivity contribution >= 4 is 5.95 Å². The number of aliphatic hydroxyl groups is 1. The van der Waals surface area contributed by atoms with E-state index in [4.69, 9.17) is 0 Å². The van der Waals surface area contributed by atoms with E-state index < -0.39 is 17.8 Å². The summed E-state index contributed by atoms with van der Waals surface area (Å²) in [6, 6.07) is 0. The van der Waals surface area contributed by atoms with Gasteiger partial charge in [-0.15, -0.1) is 0 Å². The molecule has 0 radical (unpaired) electrons. The van der Waals surface area contributed by atoms with Gasteiger partial charge in [0.05, 0.1) is 11.7 Å². The zero-order valence-corrected chi connectivity index (χ0v) is 8.98. The normalized spacial score (nSPS) is 21.6. The van der Waals surface area contributed by atoms with Crippen molar-refractivity contribution in [2.75, 3.05) is 18.0 Å². The third kappa shape index (κ3) is 2.85. The molecule has 2 rings (SSSR count). The third-order valence-corrected chi connectivity index (χ3v) is 2.64. The Morgan fingerprint density at radius 1 is 1.29 bits per heavy atom. The van der Waals surface area contributed by atoms with Crippen LogP contribution >= 0.6 is 0 Å². The molecular weight excluding hydrogens is 235 g/mol. The van der Waals surface area contributed by atoms with Crippen LogP contribution in [0.4, 0.5) is 19.1 Å². The molecule has 1 aliphatic rings. The molecule has 2 heterocycles. The van der Waals surface area contributed by atoms with E-state index in [1.807, 2.05) is 0 Å². The van der Waals surface area contributed by atoms with Crippen molar-refractivity contribution in [3.05, 3.63) is 18.0 Å². The Morgan fingerprint density at radius 3 is 2.47 bits per heavy atom. The van der Waals surface area contributed by atoms with E-state index in [0.717, 1.165) is 18.8 Å². The van der Waals surface area contributed by atoms with Crippen molar-refractivity contribution in [1.82, 2.24) is 9.97 Å². The van der Waals surface area contributed by atoms with Gasteiger partial charge in [-0.05, 0) is 12.8 Å². The number of aromatic nitrogens is 2. The lowest BCUT2D eigenvalue weighted by molar-refractivity contribution is -0.138. The minimum absolute atomic E-state index is 0.233. The van der Waals surface area contributed by atoms with Crippen molar-refractivity contribution < 1.29 is 18.3 Å². The largest absolute Gasteiger partial charge is 0.419 e. The number of halogens is 3. The summed E-state index contributed by atoms with van der Waals surface area (Å²) in [5.41, 5.74) is -0.862. The SMILES string of the molecule is O[C@H]1CCCN(c2ncc(C(F)(F)F)cn2)C1. The van der Waals surface area contributed by atoms with Gasteiger partial charge in [0.15, 0.2) is 0 Å². The molecule has 0 aliphatic carbocycles. The summed E-state index contributed by atoms with van der Waals surface area (Å²) in [5, 5.41) is 9.45. The van der Waals surface area contributed by atoms with Crippen molar-refractivity contribution in [1.29, 1.82) is 0 Å². The predicted octanol–water partition coefficient (Wildman–Crippen LogP) is 1.46. The molecule has 1 fully saturated rings. The fourth-order valence-corrected chi connectivity index (χ4v) is 1.77. The maximum atomic E-state index is 12.3. The molecule has 7 heteroatoms. The van der Waals surface area contributed by atoms with Gasteiger partial charge in [-0.1, -0.05) is 0 Å². The Balaban J connectivity index is 2.12. The summed E-state index contributed by atoms with van der Waals surface area (Å²) in [7, 11) is 0. The van der Waals surface area contributed by atoms with E-state index in [0.29, 0.717) is 19.5 Å². The summed E-state index contributed by atoms with van der Waals surface area (Å²) < 4.78 is 36.9. The molecule has 1 aromatic heterocycles. The molecule has 0 bridgehead atoms. The molecule has 17 heavy (non-hydrogen) atoms. The van der Waals surface area contributed by atoms with Gasteiger partial charge < -0.3 is 10.0 Å². The fraction of sp³-hybridized carbons (Fsp3) is 0.600. The number of anilines is 1. The zero-order valence-electron chi connectivity index (χ0n) is 8.98. The van der Waals surface area contributed by atoms with Gasteiger partial charge in [0.25, 0.3) is 0 Å². The van der Waals surface area contributed by atoms with Crippen LogP contribution in [0.2, 0.25) is 0 Å². The molecule has 0 unspecified atom stereocenters. The minimum Gasteiger partial charge on any atom is -0.391 e. The van der Waals surface area contributed by atoms with E-state index in [9.17, 15) is 18.3 Å². The molecule has 0 spiro atoms. The van der Waals surface area contributed by atoms with E-state index >= 15 is 0 Å². The van der Waals surface area contributed by atoms with Crippen LogP contribution in [0.3, 0.4) is 0 Å². The highest BCUT2D eigenvalue weighted by atomic mass is 19.4. The molecule has 1 aromatic rings. The van der Waals surface area contributed by atoms with Gasteiger partial charge >= 0.3 is 6.18 Å². The number of rotatable bonds is 1. The third-order valence-electron chi connectivity index (χ3n) is 2.64. The molecule has 0 amide bonds. The van der Waals surface area contributed by atoms with Gasteiger partial charge in [0.1, 0.15) is 0 Å². The van der Waals surface area contributed by atoms with Crippen LogP contribution in [-0.2, 0) is 6.18 Å². The average Bonchev–Trinajstić information content (AvgIpc) is 2.28. The lowest BCUT2D eigenvalue weighted by Gasteiger charge is -2.29. The minimum atomic E-state index is -4.42. The highest BCUT2D eigenvalue weighted by Crippen LogP contribution is 2.28. The Labute approximate surface area is 96.1 Å². The summed E-state index contributed by atoms with van der Waals surface area (Å²) in [4.78, 5) is 9.06. The first-order chi connectivity index (χ1) is 7.97. The molecule has 1 N–H and O–H groups in total. The van der Waals surface area contributed by atoms with Crippen LogP contribution in [0.15, 0.2) is 12.4 Å². The number of nitrogens with zero attached hydrogens (tertiary/aromatic N) is 3. The van der Waals surface area contributed by atoms with Crippen LogP contribution in [0.1, 0.15) is 18.4 Å². The fourth-order valence-electron chi connectivity index (χ4n) is 1.77. The first-order valence-corrected chi connectivity index (χ1v) is 5.29. The summed E-state index contributed by atoms with van der Waals surface area (Å²) in [6.45, 7) is 1.02. The smallest absolute Gasteiger partial charge is 0.391 e. The number of aliphatic hydroxyl groups excluding tert-OH is 1. The van der Waals surface area contributed by atoms with Crippen LogP contribution in [0.25, 0.3) is 0 Å². The molecule has 1 saturated heterocycles. The van der Waals surface area contributed by atoms with E-state index in [1.54, 1.807) is 4.90 Å². The predicted molar refractivity (Wildman–Crippen MR) is 54.5 cm³/mol. The topological polar surface area (TPSA) is 49.2 Å². The van der Waals surface area contributed by atoms with Crippen molar-refractivity contribution in [3.63, 3.8) is 0 Å². The highest BCUT2D eigenvalue weighted by Gasteiger charge is 2.31. The van der Waals surface area contributed by atoms with Crippen LogP contribution < -0.4 is 4.90 Å². The molecular formula is C10H12F3N3O. The molecule has 1 atom stereocenters. The van der Waals surface area contributed by atoms with Gasteiger partial charge in [-0.3, -0.25) is 0 Å². The first kappa shape index (κ1) is 12.1. The second-order valence-electron chi connectivity index (χ2n) is 4.01. The number of alkyl halides is 3.